The molecule has 2 amide bonds. The molecule has 39 heavy (non-hydrogen) atoms. The first-order valence-corrected chi connectivity index (χ1v) is 13.7. The predicted octanol–water partition coefficient (Wildman–Crippen LogP) is 5.41. The number of rotatable bonds is 7. The van der Waals surface area contributed by atoms with Crippen molar-refractivity contribution in [1.82, 2.24) is 19.7 Å². The van der Waals surface area contributed by atoms with Gasteiger partial charge in [0, 0.05) is 30.9 Å². The number of benzene rings is 2. The molecule has 0 radical (unpaired) electrons. The lowest BCUT2D eigenvalue weighted by atomic mass is 9.83. The van der Waals surface area contributed by atoms with Crippen molar-refractivity contribution in [3.8, 4) is 5.75 Å². The fraction of sp³-hybridized carbons (Fsp3) is 0.310. The number of nitrogens with zero attached hydrogens (tertiary/aromatic N) is 4. The average molecular weight is 545 g/mol. The second-order valence-electron chi connectivity index (χ2n) is 10.4. The van der Waals surface area contributed by atoms with E-state index in [0.717, 1.165) is 17.5 Å². The quantitative estimate of drug-likeness (QED) is 0.287. The van der Waals surface area contributed by atoms with Crippen molar-refractivity contribution in [3.05, 3.63) is 82.5 Å². The first-order chi connectivity index (χ1) is 18.6. The molecule has 3 heterocycles. The van der Waals surface area contributed by atoms with Gasteiger partial charge in [0.25, 0.3) is 5.91 Å². The van der Waals surface area contributed by atoms with Gasteiger partial charge in [0.15, 0.2) is 10.9 Å². The molecule has 1 aliphatic heterocycles. The number of hydrogen-bond donors (Lipinski definition) is 3. The molecule has 1 aliphatic rings. The van der Waals surface area contributed by atoms with Crippen molar-refractivity contribution in [2.45, 2.75) is 45.6 Å². The zero-order chi connectivity index (χ0) is 27.7. The number of anilines is 3. The molecule has 4 aromatic rings. The van der Waals surface area contributed by atoms with E-state index in [0.29, 0.717) is 40.2 Å². The van der Waals surface area contributed by atoms with Gasteiger partial charge in [0.2, 0.25) is 5.91 Å². The number of nitrogens with one attached hydrogen (secondary N) is 2. The molecule has 1 fully saturated rings. The van der Waals surface area contributed by atoms with Crippen LogP contribution in [0.4, 0.5) is 16.6 Å². The molecule has 0 aliphatic carbocycles. The van der Waals surface area contributed by atoms with E-state index in [-0.39, 0.29) is 23.6 Å². The number of carbonyl (C=O) groups is 2. The summed E-state index contributed by atoms with van der Waals surface area (Å²) in [6, 6.07) is 15.2. The first-order valence-electron chi connectivity index (χ1n) is 12.9. The van der Waals surface area contributed by atoms with E-state index >= 15 is 0 Å². The molecule has 3 N–H and O–H groups in total. The molecule has 0 saturated carbocycles. The smallest absolute Gasteiger partial charge is 0.267 e. The van der Waals surface area contributed by atoms with Gasteiger partial charge in [0.1, 0.15) is 10.6 Å². The van der Waals surface area contributed by atoms with Crippen molar-refractivity contribution < 1.29 is 14.7 Å². The largest absolute Gasteiger partial charge is 0.508 e. The summed E-state index contributed by atoms with van der Waals surface area (Å²) in [5.41, 5.74) is 2.49. The van der Waals surface area contributed by atoms with E-state index in [1.54, 1.807) is 19.1 Å². The zero-order valence-electron chi connectivity index (χ0n) is 22.4. The van der Waals surface area contributed by atoms with Crippen LogP contribution in [0.25, 0.3) is 0 Å². The highest BCUT2D eigenvalue weighted by atomic mass is 32.1. The third kappa shape index (κ3) is 5.37. The highest BCUT2D eigenvalue weighted by molar-refractivity contribution is 7.17. The van der Waals surface area contributed by atoms with E-state index < -0.39 is 5.41 Å². The summed E-state index contributed by atoms with van der Waals surface area (Å²) >= 11 is 1.22. The Kier molecular flexibility index (Phi) is 7.14. The van der Waals surface area contributed by atoms with Crippen LogP contribution in [0.5, 0.6) is 5.75 Å². The molecule has 1 saturated heterocycles. The van der Waals surface area contributed by atoms with Gasteiger partial charge in [-0.3, -0.25) is 14.3 Å². The summed E-state index contributed by atoms with van der Waals surface area (Å²) in [6.07, 6.45) is 4.24. The number of likely N-dealkylation sites (tertiary alicyclic amines) is 1. The summed E-state index contributed by atoms with van der Waals surface area (Å²) in [5, 5.41) is 21.2. The molecule has 2 aromatic heterocycles. The van der Waals surface area contributed by atoms with Crippen LogP contribution in [-0.4, -0.2) is 49.7 Å². The van der Waals surface area contributed by atoms with Gasteiger partial charge in [0.05, 0.1) is 23.3 Å². The van der Waals surface area contributed by atoms with Gasteiger partial charge in [-0.05, 0) is 51.3 Å². The number of hydrogen-bond acceptors (Lipinski definition) is 7. The Morgan fingerprint density at radius 2 is 1.87 bits per heavy atom. The van der Waals surface area contributed by atoms with Crippen LogP contribution in [0.3, 0.4) is 0 Å². The van der Waals surface area contributed by atoms with Gasteiger partial charge in [-0.2, -0.15) is 5.10 Å². The van der Waals surface area contributed by atoms with E-state index in [2.05, 4.69) is 20.7 Å². The maximum atomic E-state index is 13.3. The number of phenols is 1. The maximum absolute atomic E-state index is 13.3. The van der Waals surface area contributed by atoms with Gasteiger partial charge < -0.3 is 20.6 Å². The molecular weight excluding hydrogens is 512 g/mol. The van der Waals surface area contributed by atoms with E-state index in [1.807, 2.05) is 72.9 Å². The predicted molar refractivity (Wildman–Crippen MR) is 153 cm³/mol. The molecule has 10 heteroatoms. The molecule has 9 nitrogen and oxygen atoms in total. The summed E-state index contributed by atoms with van der Waals surface area (Å²) in [4.78, 5) is 32.9. The lowest BCUT2D eigenvalue weighted by Gasteiger charge is -2.29. The van der Waals surface area contributed by atoms with Crippen molar-refractivity contribution in [3.63, 3.8) is 0 Å². The Labute approximate surface area is 231 Å². The minimum absolute atomic E-state index is 0.0856. The lowest BCUT2D eigenvalue weighted by Crippen LogP contribution is -2.42. The van der Waals surface area contributed by atoms with Crippen molar-refractivity contribution in [1.29, 1.82) is 0 Å². The van der Waals surface area contributed by atoms with Gasteiger partial charge in [-0.15, -0.1) is 0 Å². The van der Waals surface area contributed by atoms with Crippen molar-refractivity contribution in [2.24, 2.45) is 0 Å². The SMILES string of the molecule is Cc1ccc(O)c(C)c1NC(=O)c1cnc(Nc2ccn([C@@H]3CCN(C(=O)C(C)(C)c4ccccc4)C3)n2)s1. The molecule has 2 aromatic carbocycles. The maximum Gasteiger partial charge on any atom is 0.267 e. The van der Waals surface area contributed by atoms with Crippen LogP contribution in [0.1, 0.15) is 52.7 Å². The van der Waals surface area contributed by atoms with Crippen molar-refractivity contribution in [2.75, 3.05) is 23.7 Å². The van der Waals surface area contributed by atoms with Crippen molar-refractivity contribution >= 4 is 39.8 Å². The highest BCUT2D eigenvalue weighted by Gasteiger charge is 2.37. The van der Waals surface area contributed by atoms with Crippen LogP contribution in [0.2, 0.25) is 0 Å². The van der Waals surface area contributed by atoms with Crippen LogP contribution in [0.15, 0.2) is 60.9 Å². The van der Waals surface area contributed by atoms with Gasteiger partial charge in [-0.25, -0.2) is 4.98 Å². The second-order valence-corrected chi connectivity index (χ2v) is 11.4. The number of aryl methyl sites for hydroxylation is 1. The molecule has 5 rings (SSSR count). The van der Waals surface area contributed by atoms with E-state index in [1.165, 1.54) is 17.5 Å². The van der Waals surface area contributed by atoms with Crippen LogP contribution < -0.4 is 10.6 Å². The summed E-state index contributed by atoms with van der Waals surface area (Å²) in [6.45, 7) is 8.88. The minimum atomic E-state index is -0.597. The van der Waals surface area contributed by atoms with E-state index in [9.17, 15) is 14.7 Å². The highest BCUT2D eigenvalue weighted by Crippen LogP contribution is 2.32. The van der Waals surface area contributed by atoms with Gasteiger partial charge in [-0.1, -0.05) is 47.7 Å². The number of aromatic nitrogens is 3. The topological polar surface area (TPSA) is 112 Å². The third-order valence-corrected chi connectivity index (χ3v) is 8.22. The Morgan fingerprint density at radius 3 is 2.64 bits per heavy atom. The van der Waals surface area contributed by atoms with Crippen LogP contribution >= 0.6 is 11.3 Å². The molecule has 202 valence electrons. The Bertz CT molecular complexity index is 1510. The lowest BCUT2D eigenvalue weighted by molar-refractivity contribution is -0.135. The Balaban J connectivity index is 1.20. The summed E-state index contributed by atoms with van der Waals surface area (Å²) in [7, 11) is 0. The number of amides is 2. The monoisotopic (exact) mass is 544 g/mol. The Hall–Kier alpha value is -4.18. The molecule has 1 atom stereocenters. The normalized spacial score (nSPS) is 15.4. The number of thiazole rings is 1. The number of carbonyl (C=O) groups excluding carboxylic acids is 2. The summed E-state index contributed by atoms with van der Waals surface area (Å²) < 4.78 is 1.89. The summed E-state index contributed by atoms with van der Waals surface area (Å²) in [5.74, 6) is 0.571. The zero-order valence-corrected chi connectivity index (χ0v) is 23.2. The standard InChI is InChI=1S/C29H32N6O3S/c1-18-10-11-22(36)19(2)25(18)32-26(37)23-16-30-28(39-23)31-24-13-15-35(33-24)21-12-14-34(17-21)27(38)29(3,4)20-8-6-5-7-9-20/h5-11,13,15-16,21,36H,12,14,17H2,1-4H3,(H,32,37)(H,30,31,33)/t21-/m1/s1. The molecule has 0 spiro atoms. The fourth-order valence-corrected chi connectivity index (χ4v) is 5.59. The minimum Gasteiger partial charge on any atom is -0.508 e. The molecule has 0 unspecified atom stereocenters. The number of aromatic hydroxyl groups is 1. The molecular formula is C29H32N6O3S. The first kappa shape index (κ1) is 26.4. The second kappa shape index (κ2) is 10.5. The fourth-order valence-electron chi connectivity index (χ4n) is 4.87. The third-order valence-electron chi connectivity index (χ3n) is 7.31. The molecule has 0 bridgehead atoms. The number of phenolic OH excluding ortho intramolecular Hbond substituents is 1. The van der Waals surface area contributed by atoms with Gasteiger partial charge >= 0.3 is 0 Å². The average Bonchev–Trinajstić information content (AvgIpc) is 3.70. The Morgan fingerprint density at radius 1 is 1.10 bits per heavy atom. The van der Waals surface area contributed by atoms with E-state index in [4.69, 9.17) is 0 Å². The van der Waals surface area contributed by atoms with Crippen LogP contribution in [0, 0.1) is 13.8 Å². The van der Waals surface area contributed by atoms with Crippen LogP contribution in [-0.2, 0) is 10.2 Å².